The second-order valence-corrected chi connectivity index (χ2v) is 9.15. The van der Waals surface area contributed by atoms with Crippen molar-refractivity contribution in [3.05, 3.63) is 48.0 Å². The molecule has 0 aliphatic rings. The molecule has 0 N–H and O–H groups in total. The molecule has 162 valence electrons. The summed E-state index contributed by atoms with van der Waals surface area (Å²) in [5, 5.41) is 3.72. The van der Waals surface area contributed by atoms with Crippen molar-refractivity contribution >= 4 is 20.9 Å². The third-order valence-corrected chi connectivity index (χ3v) is 6.58. The lowest BCUT2D eigenvalue weighted by molar-refractivity contribution is -0.137. The van der Waals surface area contributed by atoms with E-state index in [-0.39, 0.29) is 28.0 Å². The first-order valence-corrected chi connectivity index (χ1v) is 10.8. The van der Waals surface area contributed by atoms with E-state index in [4.69, 9.17) is 0 Å². The Balaban J connectivity index is 1.96. The standard InChI is InChI=1S/C19H17F3N6O2S/c1-4-31(29,30)15-5-6-16(28-10-12(8-24-28)19(20,21)22)26-17(15)18-25-13-7-11(2)23-9-14(13)27(18)3/h5-10H,4H2,1-3H3. The predicted octanol–water partition coefficient (Wildman–Crippen LogP) is 3.34. The Kier molecular flexibility index (Phi) is 4.84. The summed E-state index contributed by atoms with van der Waals surface area (Å²) in [7, 11) is -2.01. The smallest absolute Gasteiger partial charge is 0.324 e. The van der Waals surface area contributed by atoms with Gasteiger partial charge in [-0.3, -0.25) is 4.98 Å². The minimum Gasteiger partial charge on any atom is -0.324 e. The normalized spacial score (nSPS) is 12.6. The van der Waals surface area contributed by atoms with Crippen molar-refractivity contribution in [3.63, 3.8) is 0 Å². The van der Waals surface area contributed by atoms with Gasteiger partial charge in [-0.1, -0.05) is 6.92 Å². The first-order chi connectivity index (χ1) is 14.5. The minimum absolute atomic E-state index is 0.0276. The van der Waals surface area contributed by atoms with E-state index in [1.54, 1.807) is 30.8 Å². The third kappa shape index (κ3) is 3.67. The highest BCUT2D eigenvalue weighted by atomic mass is 32.2. The van der Waals surface area contributed by atoms with E-state index < -0.39 is 21.6 Å². The molecule has 0 saturated heterocycles. The van der Waals surface area contributed by atoms with Gasteiger partial charge in [0.1, 0.15) is 5.69 Å². The molecule has 0 aromatic carbocycles. The van der Waals surface area contributed by atoms with Gasteiger partial charge in [0.15, 0.2) is 21.5 Å². The summed E-state index contributed by atoms with van der Waals surface area (Å²) in [5.41, 5.74) is 1.07. The summed E-state index contributed by atoms with van der Waals surface area (Å²) < 4.78 is 66.9. The largest absolute Gasteiger partial charge is 0.419 e. The van der Waals surface area contributed by atoms with E-state index >= 15 is 0 Å². The molecule has 4 rings (SSSR count). The quantitative estimate of drug-likeness (QED) is 0.473. The van der Waals surface area contributed by atoms with Gasteiger partial charge in [-0.05, 0) is 25.1 Å². The molecule has 0 aliphatic heterocycles. The molecule has 31 heavy (non-hydrogen) atoms. The molecule has 0 aliphatic carbocycles. The average molecular weight is 450 g/mol. The molecule has 4 aromatic rings. The lowest BCUT2D eigenvalue weighted by atomic mass is 10.3. The third-order valence-electron chi connectivity index (χ3n) is 4.82. The van der Waals surface area contributed by atoms with E-state index in [0.717, 1.165) is 16.6 Å². The van der Waals surface area contributed by atoms with E-state index in [1.807, 2.05) is 0 Å². The van der Waals surface area contributed by atoms with Gasteiger partial charge >= 0.3 is 6.18 Å². The Morgan fingerprint density at radius 2 is 1.87 bits per heavy atom. The van der Waals surface area contributed by atoms with Gasteiger partial charge in [0.25, 0.3) is 0 Å². The highest BCUT2D eigenvalue weighted by Crippen LogP contribution is 2.31. The number of nitrogens with zero attached hydrogens (tertiary/aromatic N) is 6. The molecule has 4 heterocycles. The number of fused-ring (bicyclic) bond motifs is 1. The summed E-state index contributed by atoms with van der Waals surface area (Å²) in [4.78, 5) is 13.0. The predicted molar refractivity (Wildman–Crippen MR) is 106 cm³/mol. The van der Waals surface area contributed by atoms with Crippen LogP contribution in [0.4, 0.5) is 13.2 Å². The number of halogens is 3. The van der Waals surface area contributed by atoms with Gasteiger partial charge < -0.3 is 4.57 Å². The van der Waals surface area contributed by atoms with Gasteiger partial charge in [-0.15, -0.1) is 0 Å². The first kappa shape index (κ1) is 21.0. The molecule has 0 amide bonds. The molecular weight excluding hydrogens is 433 g/mol. The molecule has 0 unspecified atom stereocenters. The van der Waals surface area contributed by atoms with Crippen molar-refractivity contribution in [2.75, 3.05) is 5.75 Å². The van der Waals surface area contributed by atoms with Crippen LogP contribution in [-0.4, -0.2) is 43.5 Å². The van der Waals surface area contributed by atoms with E-state index in [2.05, 4.69) is 20.1 Å². The summed E-state index contributed by atoms with van der Waals surface area (Å²) >= 11 is 0. The topological polar surface area (TPSA) is 95.6 Å². The number of aryl methyl sites for hydroxylation is 2. The molecule has 0 fully saturated rings. The molecule has 0 spiro atoms. The molecule has 12 heteroatoms. The summed E-state index contributed by atoms with van der Waals surface area (Å²) in [6.07, 6.45) is -1.47. The van der Waals surface area contributed by atoms with Gasteiger partial charge in [0.05, 0.1) is 39.6 Å². The number of sulfone groups is 1. The fraction of sp³-hybridized carbons (Fsp3) is 0.263. The number of aromatic nitrogens is 6. The second kappa shape index (κ2) is 7.15. The van der Waals surface area contributed by atoms with Crippen molar-refractivity contribution in [3.8, 4) is 17.3 Å². The Hall–Kier alpha value is -3.28. The van der Waals surface area contributed by atoms with Crippen LogP contribution in [0.5, 0.6) is 0 Å². The lowest BCUT2D eigenvalue weighted by Crippen LogP contribution is -2.11. The highest BCUT2D eigenvalue weighted by Gasteiger charge is 2.32. The number of hydrogen-bond donors (Lipinski definition) is 0. The van der Waals surface area contributed by atoms with Crippen molar-refractivity contribution in [1.29, 1.82) is 0 Å². The van der Waals surface area contributed by atoms with Gasteiger partial charge in [-0.25, -0.2) is 23.1 Å². The Morgan fingerprint density at radius 1 is 1.13 bits per heavy atom. The van der Waals surface area contributed by atoms with E-state index in [0.29, 0.717) is 17.2 Å². The monoisotopic (exact) mass is 450 g/mol. The maximum absolute atomic E-state index is 13.0. The summed E-state index contributed by atoms with van der Waals surface area (Å²) in [6.45, 7) is 3.30. The van der Waals surface area contributed by atoms with Crippen LogP contribution in [0.15, 0.2) is 41.7 Å². The summed E-state index contributed by atoms with van der Waals surface area (Å²) in [6, 6.07) is 4.38. The number of rotatable bonds is 4. The number of hydrogen-bond acceptors (Lipinski definition) is 6. The van der Waals surface area contributed by atoms with Gasteiger partial charge in [0.2, 0.25) is 0 Å². The van der Waals surface area contributed by atoms with Crippen LogP contribution in [0, 0.1) is 6.92 Å². The van der Waals surface area contributed by atoms with Crippen LogP contribution in [0.2, 0.25) is 0 Å². The summed E-state index contributed by atoms with van der Waals surface area (Å²) in [5.74, 6) is 0.104. The van der Waals surface area contributed by atoms with Gasteiger partial charge in [-0.2, -0.15) is 18.3 Å². The zero-order valence-corrected chi connectivity index (χ0v) is 17.5. The Morgan fingerprint density at radius 3 is 2.52 bits per heavy atom. The molecule has 8 nitrogen and oxygen atoms in total. The maximum Gasteiger partial charge on any atom is 0.419 e. The van der Waals surface area contributed by atoms with E-state index in [1.165, 1.54) is 19.1 Å². The number of imidazole rings is 1. The minimum atomic E-state index is -4.56. The fourth-order valence-corrected chi connectivity index (χ4v) is 4.14. The van der Waals surface area contributed by atoms with Crippen LogP contribution in [0.1, 0.15) is 18.2 Å². The molecule has 0 radical (unpaired) electrons. The van der Waals surface area contributed by atoms with Crippen LogP contribution < -0.4 is 0 Å². The van der Waals surface area contributed by atoms with Crippen LogP contribution >= 0.6 is 0 Å². The molecule has 0 saturated carbocycles. The maximum atomic E-state index is 13.0. The van der Waals surface area contributed by atoms with Crippen LogP contribution in [0.25, 0.3) is 28.4 Å². The molecule has 0 bridgehead atoms. The van der Waals surface area contributed by atoms with Crippen LogP contribution in [-0.2, 0) is 23.1 Å². The van der Waals surface area contributed by atoms with Gasteiger partial charge in [0, 0.05) is 18.9 Å². The SMILES string of the molecule is CCS(=O)(=O)c1ccc(-n2cc(C(F)(F)F)cn2)nc1-c1nc2cc(C)ncc2n1C. The first-order valence-electron chi connectivity index (χ1n) is 9.16. The highest BCUT2D eigenvalue weighted by molar-refractivity contribution is 7.91. The lowest BCUT2D eigenvalue weighted by Gasteiger charge is -2.11. The van der Waals surface area contributed by atoms with Crippen molar-refractivity contribution in [2.24, 2.45) is 7.05 Å². The Labute approximate surface area is 175 Å². The van der Waals surface area contributed by atoms with Crippen molar-refractivity contribution in [2.45, 2.75) is 24.9 Å². The average Bonchev–Trinajstić information content (AvgIpc) is 3.33. The number of pyridine rings is 2. The fourth-order valence-electron chi connectivity index (χ4n) is 3.13. The molecular formula is C19H17F3N6O2S. The van der Waals surface area contributed by atoms with Crippen molar-refractivity contribution < 1.29 is 21.6 Å². The molecule has 0 atom stereocenters. The van der Waals surface area contributed by atoms with E-state index in [9.17, 15) is 21.6 Å². The zero-order chi connectivity index (χ0) is 22.6. The van der Waals surface area contributed by atoms with Crippen LogP contribution in [0.3, 0.4) is 0 Å². The zero-order valence-electron chi connectivity index (χ0n) is 16.7. The Bertz CT molecular complexity index is 1410. The number of alkyl halides is 3. The second-order valence-electron chi connectivity index (χ2n) is 6.90. The van der Waals surface area contributed by atoms with Crippen molar-refractivity contribution in [1.82, 2.24) is 29.3 Å². The molecule has 4 aromatic heterocycles.